The molecular weight excluding hydrogens is 342 g/mol. The molecule has 2 heterocycles. The Labute approximate surface area is 148 Å². The lowest BCUT2D eigenvalue weighted by atomic mass is 10.1. The summed E-state index contributed by atoms with van der Waals surface area (Å²) in [7, 11) is 0. The summed E-state index contributed by atoms with van der Waals surface area (Å²) >= 11 is 6.67. The van der Waals surface area contributed by atoms with Gasteiger partial charge in [0.15, 0.2) is 10.2 Å². The molecule has 0 aliphatic rings. The Hall–Kier alpha value is -2.51. The number of aromatic nitrogens is 1. The van der Waals surface area contributed by atoms with E-state index >= 15 is 0 Å². The first kappa shape index (κ1) is 16.4. The number of rotatable bonds is 3. The predicted octanol–water partition coefficient (Wildman–Crippen LogP) is 4.03. The summed E-state index contributed by atoms with van der Waals surface area (Å²) in [4.78, 5) is 16.4. The minimum Gasteiger partial charge on any atom is -0.465 e. The first-order valence-electron chi connectivity index (χ1n) is 7.23. The number of carbonyl (C=O) groups is 1. The Balaban J connectivity index is 1.65. The Bertz CT molecular complexity index is 888. The van der Waals surface area contributed by atoms with Crippen LogP contribution in [0.4, 0.5) is 5.13 Å². The topological polar surface area (TPSA) is 67.2 Å². The second-order valence-electron chi connectivity index (χ2n) is 5.19. The molecule has 0 radical (unpaired) electrons. The van der Waals surface area contributed by atoms with Crippen molar-refractivity contribution in [2.75, 3.05) is 5.32 Å². The second-order valence-corrected chi connectivity index (χ2v) is 6.60. The summed E-state index contributed by atoms with van der Waals surface area (Å²) in [5.74, 6) is 0.263. The number of hydrogen-bond acceptors (Lipinski definition) is 5. The second kappa shape index (κ2) is 6.94. The Morgan fingerprint density at radius 3 is 2.79 bits per heavy atom. The zero-order valence-corrected chi connectivity index (χ0v) is 14.8. The predicted molar refractivity (Wildman–Crippen MR) is 101 cm³/mol. The lowest BCUT2D eigenvalue weighted by Crippen LogP contribution is -2.32. The summed E-state index contributed by atoms with van der Waals surface area (Å²) in [5, 5.41) is 6.41. The van der Waals surface area contributed by atoms with Crippen molar-refractivity contribution in [3.8, 4) is 0 Å². The van der Waals surface area contributed by atoms with E-state index in [1.165, 1.54) is 17.4 Å². The van der Waals surface area contributed by atoms with Gasteiger partial charge in [0.25, 0.3) is 0 Å². The smallest absolute Gasteiger partial charge is 0.250 e. The van der Waals surface area contributed by atoms with Crippen LogP contribution in [0.5, 0.6) is 0 Å². The summed E-state index contributed by atoms with van der Waals surface area (Å²) in [6.45, 7) is 4.06. The minimum absolute atomic E-state index is 0.207. The molecule has 2 N–H and O–H groups in total. The molecule has 1 amide bonds. The van der Waals surface area contributed by atoms with Gasteiger partial charge in [-0.25, -0.2) is 4.98 Å². The van der Waals surface area contributed by atoms with Gasteiger partial charge in [-0.05, 0) is 55.4 Å². The van der Waals surface area contributed by atoms with Crippen molar-refractivity contribution >= 4 is 56.0 Å². The van der Waals surface area contributed by atoms with E-state index in [2.05, 4.69) is 21.7 Å². The fourth-order valence-corrected chi connectivity index (χ4v) is 3.42. The van der Waals surface area contributed by atoms with Crippen LogP contribution in [0.25, 0.3) is 16.3 Å². The number of carbonyl (C=O) groups excluding carboxylic acids is 1. The van der Waals surface area contributed by atoms with Crippen molar-refractivity contribution in [3.05, 3.63) is 53.5 Å². The standard InChI is InChI=1S/C17H15N3O2S2/c1-10-5-6-11(2)15-14(10)19-17(24-15)20-16(23)18-13(21)8-7-12-4-3-9-22-12/h3-9H,1-2H3,(H2,18,19,20,21,23)/b8-7+. The van der Waals surface area contributed by atoms with Gasteiger partial charge >= 0.3 is 0 Å². The fourth-order valence-electron chi connectivity index (χ4n) is 2.14. The number of nitrogens with zero attached hydrogens (tertiary/aromatic N) is 1. The average Bonchev–Trinajstić information content (AvgIpc) is 3.18. The Kier molecular flexibility index (Phi) is 4.73. The summed E-state index contributed by atoms with van der Waals surface area (Å²) < 4.78 is 6.23. The highest BCUT2D eigenvalue weighted by molar-refractivity contribution is 7.80. The molecule has 7 heteroatoms. The zero-order chi connectivity index (χ0) is 17.1. The third-order valence-corrected chi connectivity index (χ3v) is 4.65. The van der Waals surface area contributed by atoms with Crippen molar-refractivity contribution < 1.29 is 9.21 Å². The number of fused-ring (bicyclic) bond motifs is 1. The van der Waals surface area contributed by atoms with Gasteiger partial charge < -0.3 is 9.73 Å². The highest BCUT2D eigenvalue weighted by Crippen LogP contribution is 2.30. The van der Waals surface area contributed by atoms with E-state index in [0.29, 0.717) is 10.9 Å². The number of nitrogens with one attached hydrogen (secondary N) is 2. The molecule has 0 saturated heterocycles. The normalized spacial score (nSPS) is 11.1. The molecule has 1 aromatic carbocycles. The number of thiocarbonyl (C=S) groups is 1. The van der Waals surface area contributed by atoms with Crippen LogP contribution in [0.1, 0.15) is 16.9 Å². The maximum absolute atomic E-state index is 11.8. The molecule has 0 aliphatic heterocycles. The van der Waals surface area contributed by atoms with Crippen molar-refractivity contribution in [2.45, 2.75) is 13.8 Å². The van der Waals surface area contributed by atoms with Crippen LogP contribution in [0.2, 0.25) is 0 Å². The van der Waals surface area contributed by atoms with Crippen LogP contribution in [-0.2, 0) is 4.79 Å². The van der Waals surface area contributed by atoms with Crippen LogP contribution in [0, 0.1) is 13.8 Å². The number of aryl methyl sites for hydroxylation is 2. The summed E-state index contributed by atoms with van der Waals surface area (Å²) in [5.41, 5.74) is 3.23. The van der Waals surface area contributed by atoms with Gasteiger partial charge in [0, 0.05) is 6.08 Å². The van der Waals surface area contributed by atoms with E-state index in [-0.39, 0.29) is 11.0 Å². The van der Waals surface area contributed by atoms with Crippen LogP contribution in [0.3, 0.4) is 0 Å². The third kappa shape index (κ3) is 3.69. The van der Waals surface area contributed by atoms with E-state index in [9.17, 15) is 4.79 Å². The average molecular weight is 357 g/mol. The summed E-state index contributed by atoms with van der Waals surface area (Å²) in [6, 6.07) is 7.62. The molecular formula is C17H15N3O2S2. The Morgan fingerprint density at radius 1 is 1.29 bits per heavy atom. The fraction of sp³-hybridized carbons (Fsp3) is 0.118. The third-order valence-electron chi connectivity index (χ3n) is 3.34. The van der Waals surface area contributed by atoms with Gasteiger partial charge in [-0.2, -0.15) is 0 Å². The SMILES string of the molecule is Cc1ccc(C)c2sc(NC(=S)NC(=O)/C=C/c3ccco3)nc12. The maximum Gasteiger partial charge on any atom is 0.250 e. The van der Waals surface area contributed by atoms with Crippen molar-refractivity contribution in [1.29, 1.82) is 0 Å². The number of thiazole rings is 1. The van der Waals surface area contributed by atoms with E-state index < -0.39 is 0 Å². The van der Waals surface area contributed by atoms with E-state index in [1.807, 2.05) is 19.9 Å². The molecule has 0 saturated carbocycles. The molecule has 0 atom stereocenters. The monoisotopic (exact) mass is 357 g/mol. The minimum atomic E-state index is -0.336. The van der Waals surface area contributed by atoms with Crippen LogP contribution < -0.4 is 10.6 Å². The molecule has 122 valence electrons. The van der Waals surface area contributed by atoms with Gasteiger partial charge in [-0.3, -0.25) is 10.1 Å². The van der Waals surface area contributed by atoms with Gasteiger partial charge in [0.05, 0.1) is 16.5 Å². The van der Waals surface area contributed by atoms with Crippen molar-refractivity contribution in [1.82, 2.24) is 10.3 Å². The number of benzene rings is 1. The number of furan rings is 1. The quantitative estimate of drug-likeness (QED) is 0.547. The van der Waals surface area contributed by atoms with Crippen LogP contribution in [-0.4, -0.2) is 16.0 Å². The van der Waals surface area contributed by atoms with E-state index in [4.69, 9.17) is 16.6 Å². The number of hydrogen-bond donors (Lipinski definition) is 2. The molecule has 0 fully saturated rings. The molecule has 0 aliphatic carbocycles. The van der Waals surface area contributed by atoms with Gasteiger partial charge in [0.2, 0.25) is 5.91 Å². The lowest BCUT2D eigenvalue weighted by Gasteiger charge is -2.04. The largest absolute Gasteiger partial charge is 0.465 e. The molecule has 0 spiro atoms. The van der Waals surface area contributed by atoms with Crippen molar-refractivity contribution in [2.24, 2.45) is 0 Å². The number of amides is 1. The first-order chi connectivity index (χ1) is 11.5. The van der Waals surface area contributed by atoms with E-state index in [1.54, 1.807) is 24.5 Å². The molecule has 5 nitrogen and oxygen atoms in total. The molecule has 0 unspecified atom stereocenters. The highest BCUT2D eigenvalue weighted by atomic mass is 32.1. The highest BCUT2D eigenvalue weighted by Gasteiger charge is 2.10. The molecule has 3 rings (SSSR count). The first-order valence-corrected chi connectivity index (χ1v) is 8.45. The van der Waals surface area contributed by atoms with Crippen LogP contribution >= 0.6 is 23.6 Å². The number of anilines is 1. The molecule has 3 aromatic rings. The Morgan fingerprint density at radius 2 is 2.08 bits per heavy atom. The van der Waals surface area contributed by atoms with E-state index in [0.717, 1.165) is 21.3 Å². The van der Waals surface area contributed by atoms with Crippen molar-refractivity contribution in [3.63, 3.8) is 0 Å². The molecule has 2 aromatic heterocycles. The van der Waals surface area contributed by atoms with Gasteiger partial charge in [0.1, 0.15) is 5.76 Å². The maximum atomic E-state index is 11.8. The summed E-state index contributed by atoms with van der Waals surface area (Å²) in [6.07, 6.45) is 4.47. The zero-order valence-electron chi connectivity index (χ0n) is 13.1. The van der Waals surface area contributed by atoms with Gasteiger partial charge in [-0.15, -0.1) is 0 Å². The molecule has 0 bridgehead atoms. The molecule has 24 heavy (non-hydrogen) atoms. The lowest BCUT2D eigenvalue weighted by molar-refractivity contribution is -0.115. The van der Waals surface area contributed by atoms with Gasteiger partial charge in [-0.1, -0.05) is 23.5 Å². The van der Waals surface area contributed by atoms with Crippen LogP contribution in [0.15, 0.2) is 41.0 Å².